The van der Waals surface area contributed by atoms with Crippen LogP contribution in [-0.4, -0.2) is 47.4 Å². The Morgan fingerprint density at radius 2 is 1.88 bits per heavy atom. The SMILES string of the molecule is CC[C@H](C)Nc1cc(F)c(C(=O)N[C@@H](Cc2ccc(-c3c(OC)cc(C)n(C)c3=O)c3c2CCCO3)C(=O)O)c(F)c1. The first-order chi connectivity index (χ1) is 20.0. The minimum absolute atomic E-state index is 0.0451. The van der Waals surface area contributed by atoms with Gasteiger partial charge in [0.05, 0.1) is 19.3 Å². The number of fused-ring (bicyclic) bond motifs is 1. The number of anilines is 1. The molecule has 0 radical (unpaired) electrons. The number of nitrogens with one attached hydrogen (secondary N) is 2. The molecule has 0 bridgehead atoms. The Hall–Kier alpha value is -4.41. The van der Waals surface area contributed by atoms with Gasteiger partial charge in [-0.05, 0) is 56.4 Å². The number of carboxylic acids is 1. The number of pyridine rings is 1. The molecule has 0 saturated carbocycles. The average Bonchev–Trinajstić information content (AvgIpc) is 2.95. The maximum atomic E-state index is 14.8. The number of hydrogen-bond donors (Lipinski definition) is 3. The van der Waals surface area contributed by atoms with Crippen molar-refractivity contribution in [2.75, 3.05) is 19.0 Å². The summed E-state index contributed by atoms with van der Waals surface area (Å²) in [5, 5.41) is 15.2. The Labute approximate surface area is 242 Å². The summed E-state index contributed by atoms with van der Waals surface area (Å²) >= 11 is 0. The zero-order valence-electron chi connectivity index (χ0n) is 24.3. The van der Waals surface area contributed by atoms with Crippen LogP contribution >= 0.6 is 0 Å². The van der Waals surface area contributed by atoms with E-state index < -0.39 is 35.1 Å². The highest BCUT2D eigenvalue weighted by molar-refractivity contribution is 5.97. The first kappa shape index (κ1) is 30.5. The van der Waals surface area contributed by atoms with Crippen molar-refractivity contribution >= 4 is 17.6 Å². The number of carbonyl (C=O) groups is 2. The summed E-state index contributed by atoms with van der Waals surface area (Å²) < 4.78 is 42.7. The van der Waals surface area contributed by atoms with E-state index in [4.69, 9.17) is 9.47 Å². The summed E-state index contributed by atoms with van der Waals surface area (Å²) in [5.74, 6) is -3.94. The summed E-state index contributed by atoms with van der Waals surface area (Å²) in [6, 6.07) is 5.58. The van der Waals surface area contributed by atoms with Gasteiger partial charge in [0.25, 0.3) is 11.5 Å². The van der Waals surface area contributed by atoms with Crippen LogP contribution in [0.2, 0.25) is 0 Å². The summed E-state index contributed by atoms with van der Waals surface area (Å²) in [6.07, 6.45) is 1.74. The maximum Gasteiger partial charge on any atom is 0.326 e. The third-order valence-electron chi connectivity index (χ3n) is 7.62. The lowest BCUT2D eigenvalue weighted by Gasteiger charge is -2.25. The molecule has 0 saturated heterocycles. The Morgan fingerprint density at radius 1 is 1.19 bits per heavy atom. The fourth-order valence-electron chi connectivity index (χ4n) is 5.03. The van der Waals surface area contributed by atoms with Crippen LogP contribution in [0.1, 0.15) is 53.9 Å². The van der Waals surface area contributed by atoms with Crippen LogP contribution in [0.3, 0.4) is 0 Å². The number of methoxy groups -OCH3 is 1. The second-order valence-corrected chi connectivity index (χ2v) is 10.5. The van der Waals surface area contributed by atoms with Crippen LogP contribution in [0.25, 0.3) is 11.1 Å². The molecule has 2 atom stereocenters. The van der Waals surface area contributed by atoms with Crippen LogP contribution < -0.4 is 25.7 Å². The van der Waals surface area contributed by atoms with E-state index in [9.17, 15) is 28.3 Å². The molecule has 1 amide bonds. The molecule has 1 aliphatic rings. The monoisotopic (exact) mass is 583 g/mol. The summed E-state index contributed by atoms with van der Waals surface area (Å²) in [5.41, 5.74) is 1.84. The van der Waals surface area contributed by atoms with Gasteiger partial charge in [0.15, 0.2) is 0 Å². The first-order valence-corrected chi connectivity index (χ1v) is 13.8. The van der Waals surface area contributed by atoms with Crippen LogP contribution in [0.4, 0.5) is 14.5 Å². The Kier molecular flexibility index (Phi) is 9.18. The van der Waals surface area contributed by atoms with Crippen LogP contribution in [0.15, 0.2) is 35.1 Å². The molecule has 1 aliphatic heterocycles. The molecule has 4 rings (SSSR count). The van der Waals surface area contributed by atoms with E-state index in [0.29, 0.717) is 58.9 Å². The lowest BCUT2D eigenvalue weighted by Crippen LogP contribution is -2.43. The fraction of sp³-hybridized carbons (Fsp3) is 0.387. The molecule has 0 aliphatic carbocycles. The number of ether oxygens (including phenoxy) is 2. The highest BCUT2D eigenvalue weighted by Crippen LogP contribution is 2.41. The number of aromatic nitrogens is 1. The average molecular weight is 584 g/mol. The standard InChI is InChI=1S/C31H35F2N3O6/c1-6-16(2)34-19-14-22(32)27(23(33)15-19)29(37)35-24(31(39)40)13-18-9-10-21(28-20(18)8-7-11-42-28)26-25(41-5)12-17(3)36(4)30(26)38/h9-10,12,14-16,24,34H,6-8,11,13H2,1-5H3,(H,35,37)(H,39,40)/t16-,24-/m0/s1. The van der Waals surface area contributed by atoms with Gasteiger partial charge in [0.1, 0.15) is 34.7 Å². The van der Waals surface area contributed by atoms with Crippen molar-refractivity contribution in [3.05, 3.63) is 74.7 Å². The zero-order valence-corrected chi connectivity index (χ0v) is 24.3. The number of carbonyl (C=O) groups excluding carboxylic acids is 1. The molecule has 0 fully saturated rings. The number of nitrogens with zero attached hydrogens (tertiary/aromatic N) is 1. The largest absolute Gasteiger partial charge is 0.496 e. The molecule has 2 aromatic carbocycles. The maximum absolute atomic E-state index is 14.8. The smallest absolute Gasteiger partial charge is 0.326 e. The fourth-order valence-corrected chi connectivity index (χ4v) is 5.03. The Bertz CT molecular complexity index is 1560. The van der Waals surface area contributed by atoms with Gasteiger partial charge in [-0.25, -0.2) is 13.6 Å². The minimum atomic E-state index is -1.49. The van der Waals surface area contributed by atoms with E-state index in [-0.39, 0.29) is 23.7 Å². The molecule has 42 heavy (non-hydrogen) atoms. The number of rotatable bonds is 10. The molecule has 2 heterocycles. The summed E-state index contributed by atoms with van der Waals surface area (Å²) in [4.78, 5) is 38.4. The molecule has 11 heteroatoms. The van der Waals surface area contributed by atoms with Gasteiger partial charge in [-0.3, -0.25) is 9.59 Å². The van der Waals surface area contributed by atoms with Gasteiger partial charge in [0.2, 0.25) is 0 Å². The van der Waals surface area contributed by atoms with Crippen molar-refractivity contribution < 1.29 is 33.0 Å². The molecular formula is C31H35F2N3O6. The first-order valence-electron chi connectivity index (χ1n) is 13.8. The van der Waals surface area contributed by atoms with Gasteiger partial charge in [-0.2, -0.15) is 0 Å². The topological polar surface area (TPSA) is 119 Å². The normalized spacial score (nSPS) is 13.9. The Balaban J connectivity index is 1.67. The molecule has 224 valence electrons. The third-order valence-corrected chi connectivity index (χ3v) is 7.62. The van der Waals surface area contributed by atoms with E-state index in [0.717, 1.165) is 18.6 Å². The van der Waals surface area contributed by atoms with E-state index in [2.05, 4.69) is 10.6 Å². The van der Waals surface area contributed by atoms with E-state index in [1.165, 1.54) is 11.7 Å². The number of carboxylic acid groups (broad SMARTS) is 1. The molecule has 3 N–H and O–H groups in total. The number of hydrogen-bond acceptors (Lipinski definition) is 6. The van der Waals surface area contributed by atoms with Gasteiger partial charge >= 0.3 is 5.97 Å². The lowest BCUT2D eigenvalue weighted by molar-refractivity contribution is -0.139. The number of aliphatic carboxylic acids is 1. The second kappa shape index (κ2) is 12.6. The third kappa shape index (κ3) is 6.09. The predicted molar refractivity (Wildman–Crippen MR) is 155 cm³/mol. The predicted octanol–water partition coefficient (Wildman–Crippen LogP) is 4.61. The number of amides is 1. The van der Waals surface area contributed by atoms with Crippen LogP contribution in [0.5, 0.6) is 11.5 Å². The Morgan fingerprint density at radius 3 is 2.50 bits per heavy atom. The van der Waals surface area contributed by atoms with Crippen molar-refractivity contribution in [1.29, 1.82) is 0 Å². The summed E-state index contributed by atoms with van der Waals surface area (Å²) in [7, 11) is 3.13. The van der Waals surface area contributed by atoms with Gasteiger partial charge in [-0.1, -0.05) is 19.1 Å². The molecule has 3 aromatic rings. The lowest BCUT2D eigenvalue weighted by atomic mass is 9.90. The highest BCUT2D eigenvalue weighted by Gasteiger charge is 2.29. The number of benzene rings is 2. The minimum Gasteiger partial charge on any atom is -0.496 e. The molecule has 0 unspecified atom stereocenters. The van der Waals surface area contributed by atoms with Crippen LogP contribution in [0, 0.1) is 18.6 Å². The van der Waals surface area contributed by atoms with Crippen molar-refractivity contribution in [3.8, 4) is 22.6 Å². The van der Waals surface area contributed by atoms with Gasteiger partial charge in [-0.15, -0.1) is 0 Å². The molecule has 0 spiro atoms. The molecular weight excluding hydrogens is 548 g/mol. The van der Waals surface area contributed by atoms with Crippen molar-refractivity contribution in [3.63, 3.8) is 0 Å². The van der Waals surface area contributed by atoms with E-state index in [1.807, 2.05) is 13.8 Å². The van der Waals surface area contributed by atoms with Crippen molar-refractivity contribution in [1.82, 2.24) is 9.88 Å². The van der Waals surface area contributed by atoms with Gasteiger partial charge < -0.3 is 29.8 Å². The zero-order chi connectivity index (χ0) is 30.7. The van der Waals surface area contributed by atoms with Crippen LogP contribution in [-0.2, 0) is 24.7 Å². The van der Waals surface area contributed by atoms with Gasteiger partial charge in [0, 0.05) is 42.5 Å². The van der Waals surface area contributed by atoms with E-state index >= 15 is 0 Å². The van der Waals surface area contributed by atoms with Crippen molar-refractivity contribution in [2.24, 2.45) is 7.05 Å². The van der Waals surface area contributed by atoms with Crippen molar-refractivity contribution in [2.45, 2.75) is 58.5 Å². The van der Waals surface area contributed by atoms with E-state index in [1.54, 1.807) is 32.2 Å². The molecule has 1 aromatic heterocycles. The second-order valence-electron chi connectivity index (χ2n) is 10.5. The summed E-state index contributed by atoms with van der Waals surface area (Å²) in [6.45, 7) is 5.95. The highest BCUT2D eigenvalue weighted by atomic mass is 19.1. The number of aryl methyl sites for hydroxylation is 1. The molecule has 9 nitrogen and oxygen atoms in total. The number of halogens is 2. The quantitative estimate of drug-likeness (QED) is 0.319.